The smallest absolute Gasteiger partial charge is 0.306 e. The summed E-state index contributed by atoms with van der Waals surface area (Å²) in [7, 11) is 0. The van der Waals surface area contributed by atoms with Crippen molar-refractivity contribution < 1.29 is 73.8 Å². The van der Waals surface area contributed by atoms with Crippen LogP contribution in [0.2, 0.25) is 0 Å². The SMILES string of the molecule is C=CCCCCCCCCCCCCCCCC(=O)OC[C@H](CO[C@@H]1O[C@H](CO[C@@H]2O[C@H](CO)[C@H](O)C(O)C2O)[C@H](O)C(O)C1O)OC(=O)CCCCCCC/C=C/CCCCCCC. The van der Waals surface area contributed by atoms with E-state index >= 15 is 0 Å². The van der Waals surface area contributed by atoms with Crippen molar-refractivity contribution in [1.29, 1.82) is 0 Å². The lowest BCUT2D eigenvalue weighted by Gasteiger charge is -2.42. The van der Waals surface area contributed by atoms with Crippen LogP contribution in [-0.2, 0) is 38.0 Å². The van der Waals surface area contributed by atoms with Gasteiger partial charge in [0.1, 0.15) is 55.4 Å². The molecule has 4 unspecified atom stereocenters. The molecule has 2 heterocycles. The number of rotatable bonds is 40. The van der Waals surface area contributed by atoms with Gasteiger partial charge in [-0.2, -0.15) is 0 Å². The van der Waals surface area contributed by atoms with Crippen LogP contribution in [0.15, 0.2) is 24.8 Å². The zero-order valence-electron chi connectivity index (χ0n) is 39.8. The Morgan fingerprint density at radius 1 is 0.523 bits per heavy atom. The van der Waals surface area contributed by atoms with Crippen molar-refractivity contribution >= 4 is 11.9 Å². The Balaban J connectivity index is 1.81. The maximum atomic E-state index is 13.0. The van der Waals surface area contributed by atoms with Crippen LogP contribution >= 0.6 is 0 Å². The van der Waals surface area contributed by atoms with Crippen LogP contribution in [0.4, 0.5) is 0 Å². The number of aliphatic hydroxyl groups is 7. The van der Waals surface area contributed by atoms with Gasteiger partial charge in [-0.05, 0) is 51.4 Å². The fourth-order valence-corrected chi connectivity index (χ4v) is 8.07. The van der Waals surface area contributed by atoms with Crippen LogP contribution in [0.5, 0.6) is 0 Å². The number of hydrogen-bond acceptors (Lipinski definition) is 15. The zero-order valence-corrected chi connectivity index (χ0v) is 39.8. The molecule has 15 nitrogen and oxygen atoms in total. The van der Waals surface area contributed by atoms with Gasteiger partial charge >= 0.3 is 11.9 Å². The number of carbonyl (C=O) groups is 2. The number of carbonyl (C=O) groups excluding carboxylic acids is 2. The Hall–Kier alpha value is -2.02. The van der Waals surface area contributed by atoms with Crippen molar-refractivity contribution in [2.75, 3.05) is 26.4 Å². The van der Waals surface area contributed by atoms with Crippen molar-refractivity contribution in [3.8, 4) is 0 Å². The van der Waals surface area contributed by atoms with Crippen molar-refractivity contribution in [2.45, 2.75) is 254 Å². The standard InChI is InChI=1S/C50H90O15/c1-3-5-7-9-11-13-15-17-19-21-22-24-26-28-30-32-41(52)60-35-38(63-42(53)33-31-29-27-25-23-20-18-16-14-12-10-8-6-4-2)36-61-49-48(59)46(57)44(55)40(65-49)37-62-50-47(58)45(56)43(54)39(34-51)64-50/h3,16,18,38-40,43-51,54-59H,1,4-15,17,19-37H2,2H3/b18-16+/t38-,39-,40-,43+,44+,45?,46?,47?,48?,49-,50-/m1/s1. The highest BCUT2D eigenvalue weighted by atomic mass is 16.7. The first-order valence-corrected chi connectivity index (χ1v) is 25.4. The highest BCUT2D eigenvalue weighted by molar-refractivity contribution is 5.70. The second-order valence-corrected chi connectivity index (χ2v) is 18.1. The van der Waals surface area contributed by atoms with E-state index in [-0.39, 0.29) is 26.1 Å². The van der Waals surface area contributed by atoms with Gasteiger partial charge in [0, 0.05) is 12.8 Å². The molecule has 0 spiro atoms. The maximum Gasteiger partial charge on any atom is 0.306 e. The molecule has 380 valence electrons. The highest BCUT2D eigenvalue weighted by Gasteiger charge is 2.47. The Bertz CT molecular complexity index is 1220. The van der Waals surface area contributed by atoms with Gasteiger partial charge in [0.05, 0.1) is 19.8 Å². The van der Waals surface area contributed by atoms with E-state index in [1.54, 1.807) is 0 Å². The van der Waals surface area contributed by atoms with Crippen molar-refractivity contribution in [3.05, 3.63) is 24.8 Å². The molecule has 0 radical (unpaired) electrons. The molecular formula is C50H90O15. The van der Waals surface area contributed by atoms with E-state index in [4.69, 9.17) is 28.4 Å². The van der Waals surface area contributed by atoms with E-state index < -0.39 is 92.7 Å². The summed E-state index contributed by atoms with van der Waals surface area (Å²) in [5, 5.41) is 72.0. The normalized spacial score (nSPS) is 26.3. The largest absolute Gasteiger partial charge is 0.462 e. The summed E-state index contributed by atoms with van der Waals surface area (Å²) in [6.45, 7) is 4.11. The second kappa shape index (κ2) is 37.9. The molecule has 65 heavy (non-hydrogen) atoms. The molecule has 2 saturated heterocycles. The molecule has 2 rings (SSSR count). The number of esters is 2. The third-order valence-corrected chi connectivity index (χ3v) is 12.3. The van der Waals surface area contributed by atoms with Crippen LogP contribution in [0.1, 0.15) is 187 Å². The van der Waals surface area contributed by atoms with Gasteiger partial charge in [-0.1, -0.05) is 141 Å². The number of hydrogen-bond donors (Lipinski definition) is 7. The molecule has 0 saturated carbocycles. The van der Waals surface area contributed by atoms with Gasteiger partial charge in [-0.3, -0.25) is 9.59 Å². The van der Waals surface area contributed by atoms with Crippen LogP contribution in [0.25, 0.3) is 0 Å². The Kier molecular flexibility index (Phi) is 34.5. The van der Waals surface area contributed by atoms with Gasteiger partial charge in [0.2, 0.25) is 0 Å². The topological polar surface area (TPSA) is 231 Å². The third-order valence-electron chi connectivity index (χ3n) is 12.3. The number of allylic oxidation sites excluding steroid dienone is 3. The van der Waals surface area contributed by atoms with Crippen molar-refractivity contribution in [2.24, 2.45) is 0 Å². The van der Waals surface area contributed by atoms with Gasteiger partial charge in [-0.15, -0.1) is 6.58 Å². The van der Waals surface area contributed by atoms with Gasteiger partial charge in [0.25, 0.3) is 0 Å². The Morgan fingerprint density at radius 2 is 0.954 bits per heavy atom. The lowest BCUT2D eigenvalue weighted by Crippen LogP contribution is -2.61. The molecule has 0 aromatic carbocycles. The van der Waals surface area contributed by atoms with E-state index in [9.17, 15) is 45.3 Å². The predicted octanol–water partition coefficient (Wildman–Crippen LogP) is 6.77. The second-order valence-electron chi connectivity index (χ2n) is 18.1. The average molecular weight is 931 g/mol. The molecule has 2 aliphatic rings. The van der Waals surface area contributed by atoms with Crippen molar-refractivity contribution in [3.63, 3.8) is 0 Å². The summed E-state index contributed by atoms with van der Waals surface area (Å²) >= 11 is 0. The maximum absolute atomic E-state index is 13.0. The minimum atomic E-state index is -1.76. The predicted molar refractivity (Wildman–Crippen MR) is 247 cm³/mol. The first kappa shape index (κ1) is 59.1. The quantitative estimate of drug-likeness (QED) is 0.0191. The first-order valence-electron chi connectivity index (χ1n) is 25.4. The number of aliphatic hydroxyl groups excluding tert-OH is 7. The summed E-state index contributed by atoms with van der Waals surface area (Å²) in [6.07, 6.45) is 19.5. The number of unbranched alkanes of at least 4 members (excludes halogenated alkanes) is 23. The molecule has 0 aliphatic carbocycles. The molecule has 0 amide bonds. The summed E-state index contributed by atoms with van der Waals surface area (Å²) in [5.41, 5.74) is 0. The van der Waals surface area contributed by atoms with Crippen LogP contribution < -0.4 is 0 Å². The molecule has 0 bridgehead atoms. The molecule has 2 aliphatic heterocycles. The van der Waals surface area contributed by atoms with Gasteiger partial charge < -0.3 is 64.2 Å². The van der Waals surface area contributed by atoms with Crippen LogP contribution in [0.3, 0.4) is 0 Å². The molecule has 0 aromatic heterocycles. The van der Waals surface area contributed by atoms with E-state index in [1.165, 1.54) is 89.9 Å². The molecule has 15 heteroatoms. The molecule has 11 atom stereocenters. The van der Waals surface area contributed by atoms with Crippen LogP contribution in [0, 0.1) is 0 Å². The van der Waals surface area contributed by atoms with Gasteiger partial charge in [-0.25, -0.2) is 0 Å². The van der Waals surface area contributed by atoms with Gasteiger partial charge in [0.15, 0.2) is 18.7 Å². The average Bonchev–Trinajstić information content (AvgIpc) is 3.30. The fourth-order valence-electron chi connectivity index (χ4n) is 8.07. The summed E-state index contributed by atoms with van der Waals surface area (Å²) in [5.74, 6) is -0.933. The van der Waals surface area contributed by atoms with E-state index in [0.29, 0.717) is 12.8 Å². The molecular weight excluding hydrogens is 841 g/mol. The summed E-state index contributed by atoms with van der Waals surface area (Å²) in [6, 6.07) is 0. The summed E-state index contributed by atoms with van der Waals surface area (Å²) in [4.78, 5) is 25.7. The number of ether oxygens (including phenoxy) is 6. The Morgan fingerprint density at radius 3 is 1.46 bits per heavy atom. The van der Waals surface area contributed by atoms with Crippen molar-refractivity contribution in [1.82, 2.24) is 0 Å². The van der Waals surface area contributed by atoms with E-state index in [1.807, 2.05) is 6.08 Å². The van der Waals surface area contributed by atoms with Crippen LogP contribution in [-0.4, -0.2) is 142 Å². The van der Waals surface area contributed by atoms with E-state index in [0.717, 1.165) is 64.2 Å². The minimum absolute atomic E-state index is 0.156. The zero-order chi connectivity index (χ0) is 47.5. The third kappa shape index (κ3) is 26.4. The lowest BCUT2D eigenvalue weighted by molar-refractivity contribution is -0.332. The summed E-state index contributed by atoms with van der Waals surface area (Å²) < 4.78 is 33.5. The minimum Gasteiger partial charge on any atom is -0.462 e. The molecule has 0 aromatic rings. The fraction of sp³-hybridized carbons (Fsp3) is 0.880. The molecule has 7 N–H and O–H groups in total. The molecule has 2 fully saturated rings. The Labute approximate surface area is 390 Å². The monoisotopic (exact) mass is 931 g/mol. The highest BCUT2D eigenvalue weighted by Crippen LogP contribution is 2.26. The van der Waals surface area contributed by atoms with E-state index in [2.05, 4.69) is 25.7 Å². The lowest BCUT2D eigenvalue weighted by atomic mass is 9.98. The first-order chi connectivity index (χ1) is 31.5.